The SMILES string of the molecule is CC1CCC(CNC2CC2)(CN2CCCC2C)CC1. The van der Waals surface area contributed by atoms with Gasteiger partial charge in [-0.3, -0.25) is 0 Å². The van der Waals surface area contributed by atoms with Crippen molar-refractivity contribution < 1.29 is 0 Å². The Balaban J connectivity index is 1.60. The van der Waals surface area contributed by atoms with Crippen molar-refractivity contribution in [2.45, 2.75) is 77.3 Å². The van der Waals surface area contributed by atoms with E-state index in [1.165, 1.54) is 71.0 Å². The van der Waals surface area contributed by atoms with Gasteiger partial charge in [-0.1, -0.05) is 19.8 Å². The molecular weight excluding hydrogens is 232 g/mol. The lowest BCUT2D eigenvalue weighted by Crippen LogP contribution is -2.47. The molecule has 1 saturated heterocycles. The third kappa shape index (κ3) is 3.52. The fourth-order valence-corrected chi connectivity index (χ4v) is 4.07. The van der Waals surface area contributed by atoms with E-state index >= 15 is 0 Å². The van der Waals surface area contributed by atoms with Gasteiger partial charge < -0.3 is 10.2 Å². The number of hydrogen-bond donors (Lipinski definition) is 1. The maximum absolute atomic E-state index is 3.84. The maximum Gasteiger partial charge on any atom is 0.00684 e. The average Bonchev–Trinajstić information content (AvgIpc) is 3.16. The van der Waals surface area contributed by atoms with E-state index in [1.807, 2.05) is 0 Å². The van der Waals surface area contributed by atoms with Gasteiger partial charge in [-0.05, 0) is 63.3 Å². The van der Waals surface area contributed by atoms with E-state index in [1.54, 1.807) is 0 Å². The minimum absolute atomic E-state index is 0.591. The first-order valence-electron chi connectivity index (χ1n) is 8.64. The maximum atomic E-state index is 3.84. The quantitative estimate of drug-likeness (QED) is 0.818. The van der Waals surface area contributed by atoms with E-state index < -0.39 is 0 Å². The topological polar surface area (TPSA) is 15.3 Å². The molecule has 1 unspecified atom stereocenters. The Bertz CT molecular complexity index is 290. The molecule has 1 N–H and O–H groups in total. The fraction of sp³-hybridized carbons (Fsp3) is 1.00. The molecule has 2 saturated carbocycles. The zero-order chi connectivity index (χ0) is 13.3. The summed E-state index contributed by atoms with van der Waals surface area (Å²) >= 11 is 0. The van der Waals surface area contributed by atoms with Crippen LogP contribution < -0.4 is 5.32 Å². The Morgan fingerprint density at radius 3 is 2.37 bits per heavy atom. The molecule has 0 spiro atoms. The van der Waals surface area contributed by atoms with Crippen LogP contribution in [0.3, 0.4) is 0 Å². The molecule has 3 aliphatic rings. The van der Waals surface area contributed by atoms with Gasteiger partial charge in [0.25, 0.3) is 0 Å². The number of hydrogen-bond acceptors (Lipinski definition) is 2. The molecule has 0 amide bonds. The lowest BCUT2D eigenvalue weighted by Gasteiger charge is -2.43. The smallest absolute Gasteiger partial charge is 0.00684 e. The second-order valence-corrected chi connectivity index (χ2v) is 7.80. The Hall–Kier alpha value is -0.0800. The molecule has 0 radical (unpaired) electrons. The van der Waals surface area contributed by atoms with Crippen molar-refractivity contribution in [3.8, 4) is 0 Å². The first-order chi connectivity index (χ1) is 9.17. The van der Waals surface area contributed by atoms with Crippen molar-refractivity contribution in [3.63, 3.8) is 0 Å². The lowest BCUT2D eigenvalue weighted by atomic mass is 9.70. The molecule has 110 valence electrons. The molecule has 0 aromatic carbocycles. The van der Waals surface area contributed by atoms with Crippen molar-refractivity contribution >= 4 is 0 Å². The summed E-state index contributed by atoms with van der Waals surface area (Å²) in [5.74, 6) is 0.963. The van der Waals surface area contributed by atoms with Crippen LogP contribution in [0.25, 0.3) is 0 Å². The number of nitrogens with one attached hydrogen (secondary N) is 1. The van der Waals surface area contributed by atoms with Crippen molar-refractivity contribution in [1.29, 1.82) is 0 Å². The predicted molar refractivity (Wildman–Crippen MR) is 81.4 cm³/mol. The molecule has 3 fully saturated rings. The van der Waals surface area contributed by atoms with Crippen molar-refractivity contribution in [2.75, 3.05) is 19.6 Å². The zero-order valence-electron chi connectivity index (χ0n) is 13.0. The molecule has 2 aliphatic carbocycles. The lowest BCUT2D eigenvalue weighted by molar-refractivity contribution is 0.0829. The van der Waals surface area contributed by atoms with Gasteiger partial charge in [-0.15, -0.1) is 0 Å². The summed E-state index contributed by atoms with van der Waals surface area (Å²) in [5.41, 5.74) is 0.591. The highest BCUT2D eigenvalue weighted by Crippen LogP contribution is 2.41. The summed E-state index contributed by atoms with van der Waals surface area (Å²) in [6, 6.07) is 1.70. The second-order valence-electron chi connectivity index (χ2n) is 7.80. The van der Waals surface area contributed by atoms with E-state index in [4.69, 9.17) is 0 Å². The van der Waals surface area contributed by atoms with E-state index in [0.717, 1.165) is 18.0 Å². The first-order valence-corrected chi connectivity index (χ1v) is 8.64. The van der Waals surface area contributed by atoms with Crippen LogP contribution in [0.5, 0.6) is 0 Å². The normalized spacial score (nSPS) is 40.7. The second kappa shape index (κ2) is 5.73. The molecule has 3 rings (SSSR count). The average molecular weight is 264 g/mol. The largest absolute Gasteiger partial charge is 0.313 e. The van der Waals surface area contributed by atoms with Gasteiger partial charge in [-0.2, -0.15) is 0 Å². The molecular formula is C17H32N2. The van der Waals surface area contributed by atoms with E-state index in [0.29, 0.717) is 5.41 Å². The highest BCUT2D eigenvalue weighted by Gasteiger charge is 2.38. The molecule has 1 atom stereocenters. The van der Waals surface area contributed by atoms with Gasteiger partial charge in [0, 0.05) is 25.2 Å². The number of nitrogens with zero attached hydrogens (tertiary/aromatic N) is 1. The Kier molecular flexibility index (Phi) is 4.19. The van der Waals surface area contributed by atoms with Crippen LogP contribution in [0.15, 0.2) is 0 Å². The Labute approximate surface area is 119 Å². The highest BCUT2D eigenvalue weighted by atomic mass is 15.2. The molecule has 2 heteroatoms. The van der Waals surface area contributed by atoms with Gasteiger partial charge in [0.05, 0.1) is 0 Å². The van der Waals surface area contributed by atoms with Gasteiger partial charge >= 0.3 is 0 Å². The first kappa shape index (κ1) is 13.9. The van der Waals surface area contributed by atoms with Gasteiger partial charge in [-0.25, -0.2) is 0 Å². The Morgan fingerprint density at radius 1 is 1.05 bits per heavy atom. The van der Waals surface area contributed by atoms with Gasteiger partial charge in [0.2, 0.25) is 0 Å². The van der Waals surface area contributed by atoms with Crippen molar-refractivity contribution in [2.24, 2.45) is 11.3 Å². The van der Waals surface area contributed by atoms with Crippen LogP contribution in [0.4, 0.5) is 0 Å². The predicted octanol–water partition coefficient (Wildman–Crippen LogP) is 3.42. The fourth-order valence-electron chi connectivity index (χ4n) is 4.07. The molecule has 1 aliphatic heterocycles. The molecule has 0 bridgehead atoms. The molecule has 0 aromatic rings. The summed E-state index contributed by atoms with van der Waals surface area (Å²) in [6.07, 6.45) is 11.5. The summed E-state index contributed by atoms with van der Waals surface area (Å²) in [6.45, 7) is 8.87. The summed E-state index contributed by atoms with van der Waals surface area (Å²) in [4.78, 5) is 2.78. The van der Waals surface area contributed by atoms with Gasteiger partial charge in [0.1, 0.15) is 0 Å². The highest BCUT2D eigenvalue weighted by molar-refractivity contribution is 4.94. The number of rotatable bonds is 5. The summed E-state index contributed by atoms with van der Waals surface area (Å²) in [5, 5.41) is 3.84. The van der Waals surface area contributed by atoms with Gasteiger partial charge in [0.15, 0.2) is 0 Å². The molecule has 0 aromatic heterocycles. The van der Waals surface area contributed by atoms with Crippen LogP contribution in [-0.2, 0) is 0 Å². The van der Waals surface area contributed by atoms with Crippen molar-refractivity contribution in [1.82, 2.24) is 10.2 Å². The standard InChI is InChI=1S/C17H32N2/c1-14-7-9-17(10-8-14,12-18-16-5-6-16)13-19-11-3-4-15(19)2/h14-16,18H,3-13H2,1-2H3. The van der Waals surface area contributed by atoms with E-state index in [9.17, 15) is 0 Å². The van der Waals surface area contributed by atoms with Crippen molar-refractivity contribution in [3.05, 3.63) is 0 Å². The van der Waals surface area contributed by atoms with Crippen LogP contribution in [0.2, 0.25) is 0 Å². The molecule has 1 heterocycles. The van der Waals surface area contributed by atoms with Crippen LogP contribution in [0.1, 0.15) is 65.2 Å². The third-order valence-electron chi connectivity index (χ3n) is 5.91. The molecule has 19 heavy (non-hydrogen) atoms. The summed E-state index contributed by atoms with van der Waals surface area (Å²) in [7, 11) is 0. The minimum Gasteiger partial charge on any atom is -0.313 e. The van der Waals surface area contributed by atoms with E-state index in [2.05, 4.69) is 24.1 Å². The zero-order valence-corrected chi connectivity index (χ0v) is 13.0. The Morgan fingerprint density at radius 2 is 1.79 bits per heavy atom. The third-order valence-corrected chi connectivity index (χ3v) is 5.91. The summed E-state index contributed by atoms with van der Waals surface area (Å²) < 4.78 is 0. The monoisotopic (exact) mass is 264 g/mol. The van der Waals surface area contributed by atoms with E-state index in [-0.39, 0.29) is 0 Å². The van der Waals surface area contributed by atoms with Crippen LogP contribution in [-0.4, -0.2) is 36.6 Å². The van der Waals surface area contributed by atoms with Crippen LogP contribution in [0, 0.1) is 11.3 Å². The van der Waals surface area contributed by atoms with Crippen LogP contribution >= 0.6 is 0 Å². The number of likely N-dealkylation sites (tertiary alicyclic amines) is 1. The molecule has 2 nitrogen and oxygen atoms in total. The minimum atomic E-state index is 0.591.